The molecule has 4 rings (SSSR count). The average Bonchev–Trinajstić information content (AvgIpc) is 3.53. The van der Waals surface area contributed by atoms with E-state index in [2.05, 4.69) is 25.4 Å². The molecule has 1 atom stereocenters. The van der Waals surface area contributed by atoms with Gasteiger partial charge in [-0.25, -0.2) is 4.68 Å². The van der Waals surface area contributed by atoms with E-state index in [1.165, 1.54) is 4.68 Å². The lowest BCUT2D eigenvalue weighted by Crippen LogP contribution is -2.32. The number of H-pyrrole nitrogens is 1. The first-order valence-corrected chi connectivity index (χ1v) is 12.0. The second-order valence-corrected chi connectivity index (χ2v) is 8.21. The Morgan fingerprint density at radius 2 is 2.03 bits per heavy atom. The summed E-state index contributed by atoms with van der Waals surface area (Å²) >= 11 is 0. The fourth-order valence-electron chi connectivity index (χ4n) is 4.20. The minimum atomic E-state index is -0.422. The quantitative estimate of drug-likeness (QED) is 0.295. The van der Waals surface area contributed by atoms with Crippen molar-refractivity contribution < 1.29 is 18.7 Å². The van der Waals surface area contributed by atoms with E-state index in [1.54, 1.807) is 13.2 Å². The van der Waals surface area contributed by atoms with Crippen molar-refractivity contribution in [1.82, 2.24) is 30.1 Å². The van der Waals surface area contributed by atoms with Crippen molar-refractivity contribution >= 4 is 16.9 Å². The van der Waals surface area contributed by atoms with Crippen molar-refractivity contribution in [2.75, 3.05) is 13.2 Å². The number of aromatic nitrogens is 5. The Morgan fingerprint density at radius 1 is 1.17 bits per heavy atom. The van der Waals surface area contributed by atoms with Gasteiger partial charge in [-0.3, -0.25) is 14.5 Å². The first-order chi connectivity index (χ1) is 17.5. The molecule has 0 fully saturated rings. The van der Waals surface area contributed by atoms with Crippen LogP contribution in [0.25, 0.3) is 10.9 Å². The molecule has 11 nitrogen and oxygen atoms in total. The molecule has 3 aromatic heterocycles. The van der Waals surface area contributed by atoms with E-state index in [9.17, 15) is 9.59 Å². The van der Waals surface area contributed by atoms with E-state index >= 15 is 0 Å². The number of ether oxygens (including phenoxy) is 2. The van der Waals surface area contributed by atoms with Gasteiger partial charge in [0.05, 0.1) is 32.1 Å². The molecular weight excluding hydrogens is 464 g/mol. The number of hydrogen-bond donors (Lipinski definition) is 1. The van der Waals surface area contributed by atoms with Crippen LogP contribution in [0.2, 0.25) is 0 Å². The molecular formula is C25H30N6O5. The predicted octanol–water partition coefficient (Wildman–Crippen LogP) is 3.22. The van der Waals surface area contributed by atoms with Gasteiger partial charge < -0.3 is 18.9 Å². The number of nitrogens with zero attached hydrogens (tertiary/aromatic N) is 5. The SMILES string of the molecule is CCOC(=O)Cn1nnnc1[C@H](CC)N(Cc1ccco1)Cc1cc2cc(OCC)ccc2[nH]c1=O. The molecule has 0 unspecified atom stereocenters. The maximum Gasteiger partial charge on any atom is 0.327 e. The molecule has 0 aliphatic carbocycles. The Morgan fingerprint density at radius 3 is 2.75 bits per heavy atom. The highest BCUT2D eigenvalue weighted by Gasteiger charge is 2.27. The van der Waals surface area contributed by atoms with Gasteiger partial charge >= 0.3 is 5.97 Å². The molecule has 4 aromatic rings. The molecule has 0 saturated heterocycles. The number of hydrogen-bond acceptors (Lipinski definition) is 9. The van der Waals surface area contributed by atoms with Crippen LogP contribution in [-0.2, 0) is 29.2 Å². The van der Waals surface area contributed by atoms with E-state index in [0.717, 1.165) is 22.4 Å². The van der Waals surface area contributed by atoms with E-state index in [-0.39, 0.29) is 24.8 Å². The van der Waals surface area contributed by atoms with Gasteiger partial charge in [0.25, 0.3) is 5.56 Å². The van der Waals surface area contributed by atoms with Gasteiger partial charge in [-0.1, -0.05) is 6.92 Å². The zero-order chi connectivity index (χ0) is 25.5. The Kier molecular flexibility index (Phi) is 8.11. The van der Waals surface area contributed by atoms with Gasteiger partial charge in [0.1, 0.15) is 18.1 Å². The average molecular weight is 495 g/mol. The van der Waals surface area contributed by atoms with Gasteiger partial charge in [-0.15, -0.1) is 5.10 Å². The molecule has 3 heterocycles. The first-order valence-electron chi connectivity index (χ1n) is 12.0. The largest absolute Gasteiger partial charge is 0.494 e. The number of esters is 1. The summed E-state index contributed by atoms with van der Waals surface area (Å²) in [5, 5.41) is 12.9. The Hall–Kier alpha value is -3.99. The minimum absolute atomic E-state index is 0.0992. The molecule has 0 amide bonds. The van der Waals surface area contributed by atoms with Gasteiger partial charge in [0.2, 0.25) is 0 Å². The monoisotopic (exact) mass is 494 g/mol. The normalized spacial score (nSPS) is 12.2. The second kappa shape index (κ2) is 11.6. The van der Waals surface area contributed by atoms with Gasteiger partial charge in [-0.05, 0) is 67.1 Å². The summed E-state index contributed by atoms with van der Waals surface area (Å²) in [6.07, 6.45) is 2.24. The third-order valence-electron chi connectivity index (χ3n) is 5.79. The molecule has 0 radical (unpaired) electrons. The van der Waals surface area contributed by atoms with Crippen LogP contribution in [0, 0.1) is 0 Å². The predicted molar refractivity (Wildman–Crippen MR) is 131 cm³/mol. The molecule has 1 aromatic carbocycles. The number of fused-ring (bicyclic) bond motifs is 1. The first kappa shape index (κ1) is 25.1. The van der Waals surface area contributed by atoms with Crippen LogP contribution in [0.4, 0.5) is 0 Å². The van der Waals surface area contributed by atoms with Crippen LogP contribution in [0.1, 0.15) is 50.4 Å². The number of nitrogens with one attached hydrogen (secondary N) is 1. The number of carbonyl (C=O) groups excluding carboxylic acids is 1. The van der Waals surface area contributed by atoms with Crippen LogP contribution in [-0.4, -0.2) is 49.3 Å². The Balaban J connectivity index is 1.69. The van der Waals surface area contributed by atoms with E-state index in [4.69, 9.17) is 13.9 Å². The maximum absolute atomic E-state index is 13.0. The van der Waals surface area contributed by atoms with Gasteiger partial charge in [0, 0.05) is 23.0 Å². The fraction of sp³-hybridized carbons (Fsp3) is 0.400. The molecule has 0 bridgehead atoms. The van der Waals surface area contributed by atoms with E-state index in [0.29, 0.717) is 37.5 Å². The molecule has 0 aliphatic rings. The lowest BCUT2D eigenvalue weighted by atomic mass is 10.1. The number of carbonyl (C=O) groups is 1. The molecule has 11 heteroatoms. The van der Waals surface area contributed by atoms with Crippen molar-refractivity contribution in [1.29, 1.82) is 0 Å². The van der Waals surface area contributed by atoms with Crippen molar-refractivity contribution in [2.45, 2.75) is 52.9 Å². The van der Waals surface area contributed by atoms with Crippen molar-refractivity contribution in [3.63, 3.8) is 0 Å². The third kappa shape index (κ3) is 5.80. The zero-order valence-electron chi connectivity index (χ0n) is 20.6. The van der Waals surface area contributed by atoms with E-state index < -0.39 is 5.97 Å². The van der Waals surface area contributed by atoms with Gasteiger partial charge in [-0.2, -0.15) is 0 Å². The summed E-state index contributed by atoms with van der Waals surface area (Å²) in [5.74, 6) is 1.55. The Labute approximate surface area is 208 Å². The summed E-state index contributed by atoms with van der Waals surface area (Å²) in [6.45, 7) is 7.11. The van der Waals surface area contributed by atoms with Crippen molar-refractivity contribution in [3.8, 4) is 5.75 Å². The van der Waals surface area contributed by atoms with Crippen LogP contribution < -0.4 is 10.3 Å². The summed E-state index contributed by atoms with van der Waals surface area (Å²) in [6, 6.07) is 10.8. The second-order valence-electron chi connectivity index (χ2n) is 8.21. The summed E-state index contributed by atoms with van der Waals surface area (Å²) in [7, 11) is 0. The summed E-state index contributed by atoms with van der Waals surface area (Å²) in [4.78, 5) is 30.2. The third-order valence-corrected chi connectivity index (χ3v) is 5.79. The Bertz CT molecular complexity index is 1350. The smallest absolute Gasteiger partial charge is 0.327 e. The maximum atomic E-state index is 13.0. The molecule has 190 valence electrons. The number of rotatable bonds is 12. The summed E-state index contributed by atoms with van der Waals surface area (Å²) in [5.41, 5.74) is 1.12. The molecule has 0 aliphatic heterocycles. The van der Waals surface area contributed by atoms with Gasteiger partial charge in [0.15, 0.2) is 5.82 Å². The highest BCUT2D eigenvalue weighted by atomic mass is 16.5. The lowest BCUT2D eigenvalue weighted by Gasteiger charge is -2.29. The number of aromatic amines is 1. The number of tetrazole rings is 1. The summed E-state index contributed by atoms with van der Waals surface area (Å²) < 4.78 is 17.7. The molecule has 36 heavy (non-hydrogen) atoms. The molecule has 0 saturated carbocycles. The zero-order valence-corrected chi connectivity index (χ0v) is 20.6. The van der Waals surface area contributed by atoms with Crippen LogP contribution >= 0.6 is 0 Å². The van der Waals surface area contributed by atoms with Crippen molar-refractivity contribution in [3.05, 3.63) is 70.2 Å². The minimum Gasteiger partial charge on any atom is -0.494 e. The molecule has 0 spiro atoms. The van der Waals surface area contributed by atoms with Crippen LogP contribution in [0.15, 0.2) is 51.9 Å². The highest BCUT2D eigenvalue weighted by Crippen LogP contribution is 2.27. The van der Waals surface area contributed by atoms with Crippen molar-refractivity contribution in [2.24, 2.45) is 0 Å². The molecule has 1 N–H and O–H groups in total. The highest BCUT2D eigenvalue weighted by molar-refractivity contribution is 5.80. The fourth-order valence-corrected chi connectivity index (χ4v) is 4.20. The number of benzene rings is 1. The van der Waals surface area contributed by atoms with Crippen LogP contribution in [0.3, 0.4) is 0 Å². The number of pyridine rings is 1. The number of furan rings is 1. The lowest BCUT2D eigenvalue weighted by molar-refractivity contribution is -0.144. The standard InChI is InChI=1S/C25H30N6O5/c1-4-22(24-27-28-29-31(24)16-23(32)35-6-3)30(15-20-8-7-11-36-20)14-18-12-17-13-19(34-5-2)9-10-21(17)26-25(18)33/h7-13,22H,4-6,14-16H2,1-3H3,(H,26,33)/t22-/m0/s1. The van der Waals surface area contributed by atoms with E-state index in [1.807, 2.05) is 50.2 Å². The van der Waals surface area contributed by atoms with Crippen LogP contribution in [0.5, 0.6) is 5.75 Å². The topological polar surface area (TPSA) is 128 Å².